The Labute approximate surface area is 125 Å². The molecule has 1 aliphatic carbocycles. The lowest BCUT2D eigenvalue weighted by molar-refractivity contribution is 0.420. The molecule has 1 fully saturated rings. The Balaban J connectivity index is 1.55. The zero-order valence-electron chi connectivity index (χ0n) is 10.1. The van der Waals surface area contributed by atoms with Gasteiger partial charge in [0.2, 0.25) is 5.89 Å². The third-order valence-electron chi connectivity index (χ3n) is 3.01. The van der Waals surface area contributed by atoms with Crippen LogP contribution in [0.3, 0.4) is 0 Å². The highest BCUT2D eigenvalue weighted by atomic mass is 35.5. The molecule has 1 heterocycles. The van der Waals surface area contributed by atoms with Crippen molar-refractivity contribution >= 4 is 35.0 Å². The Morgan fingerprint density at radius 1 is 1.26 bits per heavy atom. The molecule has 1 saturated carbocycles. The molecule has 6 heteroatoms. The lowest BCUT2D eigenvalue weighted by atomic mass is 10.2. The van der Waals surface area contributed by atoms with Crippen molar-refractivity contribution in [2.24, 2.45) is 5.92 Å². The summed E-state index contributed by atoms with van der Waals surface area (Å²) >= 11 is 13.5. The fraction of sp³-hybridized carbons (Fsp3) is 0.385. The minimum Gasteiger partial charge on any atom is -0.416 e. The number of benzene rings is 1. The van der Waals surface area contributed by atoms with Crippen LogP contribution in [-0.4, -0.2) is 20.3 Å². The van der Waals surface area contributed by atoms with Crippen LogP contribution < -0.4 is 0 Å². The number of alkyl halides is 2. The molecule has 2 aromatic rings. The van der Waals surface area contributed by atoms with Crippen LogP contribution in [0.5, 0.6) is 0 Å². The van der Waals surface area contributed by atoms with E-state index in [1.807, 2.05) is 30.3 Å². The van der Waals surface area contributed by atoms with E-state index in [0.29, 0.717) is 23.5 Å². The molecule has 1 atom stereocenters. The van der Waals surface area contributed by atoms with E-state index >= 15 is 0 Å². The summed E-state index contributed by atoms with van der Waals surface area (Å²) in [5, 5.41) is 8.65. The maximum Gasteiger partial charge on any atom is 0.276 e. The highest BCUT2D eigenvalue weighted by molar-refractivity contribution is 7.99. The number of thioether (sulfide) groups is 1. The summed E-state index contributed by atoms with van der Waals surface area (Å²) in [5.41, 5.74) is 1.16. The first-order chi connectivity index (χ1) is 9.13. The molecule has 19 heavy (non-hydrogen) atoms. The van der Waals surface area contributed by atoms with E-state index in [4.69, 9.17) is 27.6 Å². The Morgan fingerprint density at radius 2 is 2.00 bits per heavy atom. The smallest absolute Gasteiger partial charge is 0.276 e. The Hall–Kier alpha value is -0.710. The van der Waals surface area contributed by atoms with Gasteiger partial charge in [0.1, 0.15) is 4.33 Å². The van der Waals surface area contributed by atoms with Crippen molar-refractivity contribution in [2.45, 2.75) is 22.4 Å². The quantitative estimate of drug-likeness (QED) is 0.619. The number of hydrogen-bond acceptors (Lipinski definition) is 4. The SMILES string of the molecule is ClC1(Cl)CC1CSc1nnc(Cc2ccccc2)o1. The standard InChI is InChI=1S/C13H12Cl2N2OS/c14-13(15)7-10(13)8-19-12-17-16-11(18-12)6-9-4-2-1-3-5-9/h1-5,10H,6-8H2. The second-order valence-electron chi connectivity index (χ2n) is 4.60. The normalized spacial score (nSPS) is 20.4. The van der Waals surface area contributed by atoms with Gasteiger partial charge in [0.05, 0.1) is 6.42 Å². The topological polar surface area (TPSA) is 38.9 Å². The van der Waals surface area contributed by atoms with Crippen LogP contribution in [0.25, 0.3) is 0 Å². The second kappa shape index (κ2) is 5.35. The molecule has 0 aliphatic heterocycles. The summed E-state index contributed by atoms with van der Waals surface area (Å²) in [4.78, 5) is 0. The third kappa shape index (κ3) is 3.44. The van der Waals surface area contributed by atoms with Crippen LogP contribution in [0.1, 0.15) is 17.9 Å². The van der Waals surface area contributed by atoms with Gasteiger partial charge in [0.25, 0.3) is 5.22 Å². The molecular weight excluding hydrogens is 303 g/mol. The molecule has 100 valence electrons. The van der Waals surface area contributed by atoms with Gasteiger partial charge in [-0.3, -0.25) is 0 Å². The number of nitrogens with zero attached hydrogens (tertiary/aromatic N) is 2. The molecule has 1 aromatic carbocycles. The van der Waals surface area contributed by atoms with E-state index in [2.05, 4.69) is 10.2 Å². The van der Waals surface area contributed by atoms with Crippen LogP contribution >= 0.6 is 35.0 Å². The first-order valence-corrected chi connectivity index (χ1v) is 7.74. The van der Waals surface area contributed by atoms with Crippen LogP contribution in [0, 0.1) is 5.92 Å². The average Bonchev–Trinajstić information content (AvgIpc) is 2.81. The van der Waals surface area contributed by atoms with E-state index in [9.17, 15) is 0 Å². The first kappa shape index (κ1) is 13.3. The molecule has 3 nitrogen and oxygen atoms in total. The van der Waals surface area contributed by atoms with E-state index in [1.165, 1.54) is 11.8 Å². The van der Waals surface area contributed by atoms with Gasteiger partial charge in [0.15, 0.2) is 0 Å². The van der Waals surface area contributed by atoms with Gasteiger partial charge in [-0.15, -0.1) is 33.4 Å². The van der Waals surface area contributed by atoms with Crippen LogP contribution in [-0.2, 0) is 6.42 Å². The highest BCUT2D eigenvalue weighted by Crippen LogP contribution is 2.54. The minimum atomic E-state index is -0.542. The highest BCUT2D eigenvalue weighted by Gasteiger charge is 2.51. The van der Waals surface area contributed by atoms with Gasteiger partial charge in [-0.05, 0) is 12.0 Å². The molecule has 0 N–H and O–H groups in total. The van der Waals surface area contributed by atoms with Gasteiger partial charge in [-0.25, -0.2) is 0 Å². The number of rotatable bonds is 5. The van der Waals surface area contributed by atoms with Gasteiger partial charge in [0, 0.05) is 11.7 Å². The molecule has 0 spiro atoms. The molecular formula is C13H12Cl2N2OS. The maximum atomic E-state index is 5.97. The summed E-state index contributed by atoms with van der Waals surface area (Å²) in [6, 6.07) is 10.1. The van der Waals surface area contributed by atoms with Crippen molar-refractivity contribution in [3.05, 3.63) is 41.8 Å². The lowest BCUT2D eigenvalue weighted by Gasteiger charge is -1.96. The second-order valence-corrected chi connectivity index (χ2v) is 7.11. The molecule has 3 rings (SSSR count). The Morgan fingerprint density at radius 3 is 2.68 bits per heavy atom. The average molecular weight is 315 g/mol. The molecule has 1 unspecified atom stereocenters. The van der Waals surface area contributed by atoms with Gasteiger partial charge < -0.3 is 4.42 Å². The summed E-state index contributed by atoms with van der Waals surface area (Å²) < 4.78 is 5.05. The van der Waals surface area contributed by atoms with Gasteiger partial charge in [-0.2, -0.15) is 0 Å². The Bertz CT molecular complexity index is 559. The van der Waals surface area contributed by atoms with Gasteiger partial charge >= 0.3 is 0 Å². The largest absolute Gasteiger partial charge is 0.416 e. The number of halogens is 2. The summed E-state index contributed by atoms with van der Waals surface area (Å²) in [7, 11) is 0. The van der Waals surface area contributed by atoms with Gasteiger partial charge in [-0.1, -0.05) is 42.1 Å². The van der Waals surface area contributed by atoms with Crippen LogP contribution in [0.4, 0.5) is 0 Å². The van der Waals surface area contributed by atoms with E-state index < -0.39 is 4.33 Å². The molecule has 0 amide bonds. The fourth-order valence-electron chi connectivity index (χ4n) is 1.76. The van der Waals surface area contributed by atoms with E-state index in [-0.39, 0.29) is 0 Å². The first-order valence-electron chi connectivity index (χ1n) is 6.00. The predicted octanol–water partition coefficient (Wildman–Crippen LogP) is 3.95. The zero-order valence-corrected chi connectivity index (χ0v) is 12.4. The third-order valence-corrected chi connectivity index (χ3v) is 4.92. The molecule has 0 bridgehead atoms. The fourth-order valence-corrected chi connectivity index (χ4v) is 3.47. The minimum absolute atomic E-state index is 0.324. The zero-order chi connectivity index (χ0) is 13.3. The molecule has 0 radical (unpaired) electrons. The van der Waals surface area contributed by atoms with Crippen molar-refractivity contribution in [1.82, 2.24) is 10.2 Å². The molecule has 1 aromatic heterocycles. The van der Waals surface area contributed by atoms with Crippen molar-refractivity contribution in [3.63, 3.8) is 0 Å². The van der Waals surface area contributed by atoms with Crippen molar-refractivity contribution in [3.8, 4) is 0 Å². The maximum absolute atomic E-state index is 5.97. The summed E-state index contributed by atoms with van der Waals surface area (Å²) in [5.74, 6) is 1.78. The number of aromatic nitrogens is 2. The molecule has 1 aliphatic rings. The van der Waals surface area contributed by atoms with Crippen molar-refractivity contribution < 1.29 is 4.42 Å². The predicted molar refractivity (Wildman–Crippen MR) is 76.8 cm³/mol. The lowest BCUT2D eigenvalue weighted by Crippen LogP contribution is -1.92. The monoisotopic (exact) mass is 314 g/mol. The van der Waals surface area contributed by atoms with E-state index in [1.54, 1.807) is 0 Å². The van der Waals surface area contributed by atoms with Crippen molar-refractivity contribution in [1.29, 1.82) is 0 Å². The number of hydrogen-bond donors (Lipinski definition) is 0. The molecule has 0 saturated heterocycles. The van der Waals surface area contributed by atoms with Crippen LogP contribution in [0.15, 0.2) is 40.0 Å². The summed E-state index contributed by atoms with van der Waals surface area (Å²) in [6.45, 7) is 0. The van der Waals surface area contributed by atoms with Crippen LogP contribution in [0.2, 0.25) is 0 Å². The Kier molecular flexibility index (Phi) is 3.74. The summed E-state index contributed by atoms with van der Waals surface area (Å²) in [6.07, 6.45) is 1.50. The van der Waals surface area contributed by atoms with E-state index in [0.717, 1.165) is 17.7 Å². The van der Waals surface area contributed by atoms with Crippen molar-refractivity contribution in [2.75, 3.05) is 5.75 Å².